The Balaban J connectivity index is 2.43. The van der Waals surface area contributed by atoms with Gasteiger partial charge in [0.15, 0.2) is 0 Å². The van der Waals surface area contributed by atoms with Crippen LogP contribution in [0.25, 0.3) is 21.9 Å². The smallest absolute Gasteiger partial charge is 0.331 e. The Bertz CT molecular complexity index is 1050. The van der Waals surface area contributed by atoms with E-state index in [9.17, 15) is 9.59 Å². The summed E-state index contributed by atoms with van der Waals surface area (Å²) < 4.78 is 2.85. The highest BCUT2D eigenvalue weighted by Gasteiger charge is 2.20. The summed E-state index contributed by atoms with van der Waals surface area (Å²) in [7, 11) is 1.53. The van der Waals surface area contributed by atoms with E-state index in [1.807, 2.05) is 26.0 Å². The zero-order valence-corrected chi connectivity index (χ0v) is 15.1. The fourth-order valence-corrected chi connectivity index (χ4v) is 2.89. The summed E-state index contributed by atoms with van der Waals surface area (Å²) in [5.41, 5.74) is 1.57. The second kappa shape index (κ2) is 5.33. The molecule has 0 bridgehead atoms. The molecule has 0 spiro atoms. The summed E-state index contributed by atoms with van der Waals surface area (Å²) in [5, 5.41) is 0.536. The number of benzene rings is 1. The third-order valence-electron chi connectivity index (χ3n) is 4.20. The van der Waals surface area contributed by atoms with E-state index >= 15 is 0 Å². The third-order valence-corrected chi connectivity index (χ3v) is 4.20. The molecule has 6 nitrogen and oxygen atoms in total. The Kier molecular flexibility index (Phi) is 3.66. The maximum Gasteiger partial charge on any atom is 0.331 e. The van der Waals surface area contributed by atoms with Crippen molar-refractivity contribution in [2.24, 2.45) is 13.0 Å². The number of rotatable bonds is 2. The molecule has 1 aromatic carbocycles. The Morgan fingerprint density at radius 2 is 1.88 bits per heavy atom. The molecule has 3 aromatic rings. The number of hydrogen-bond donors (Lipinski definition) is 1. The van der Waals surface area contributed by atoms with Crippen LogP contribution in [-0.2, 0) is 19.0 Å². The molecule has 0 aliphatic rings. The molecule has 2 aromatic heterocycles. The van der Waals surface area contributed by atoms with Crippen LogP contribution in [0, 0.1) is 5.92 Å². The highest BCUT2D eigenvalue weighted by molar-refractivity contribution is 5.93. The predicted molar refractivity (Wildman–Crippen MR) is 96.6 cm³/mol. The molecule has 0 saturated heterocycles. The zero-order valence-electron chi connectivity index (χ0n) is 15.1. The first-order valence-corrected chi connectivity index (χ1v) is 8.23. The van der Waals surface area contributed by atoms with Gasteiger partial charge in [-0.05, 0) is 18.1 Å². The van der Waals surface area contributed by atoms with Crippen LogP contribution in [-0.4, -0.2) is 19.1 Å². The van der Waals surface area contributed by atoms with Crippen LogP contribution < -0.4 is 11.2 Å². The van der Waals surface area contributed by atoms with Crippen molar-refractivity contribution in [3.63, 3.8) is 0 Å². The van der Waals surface area contributed by atoms with E-state index < -0.39 is 0 Å². The zero-order chi connectivity index (χ0) is 17.8. The minimum Gasteiger partial charge on any atom is -0.342 e. The lowest BCUT2D eigenvalue weighted by Gasteiger charge is -2.13. The number of aromatic nitrogens is 4. The molecule has 0 fully saturated rings. The molecule has 6 heteroatoms. The highest BCUT2D eigenvalue weighted by atomic mass is 16.2. The van der Waals surface area contributed by atoms with Crippen molar-refractivity contribution in [3.05, 3.63) is 38.8 Å². The van der Waals surface area contributed by atoms with Gasteiger partial charge in [0.1, 0.15) is 5.82 Å². The fourth-order valence-electron chi connectivity index (χ4n) is 2.89. The van der Waals surface area contributed by atoms with Crippen molar-refractivity contribution in [2.75, 3.05) is 0 Å². The van der Waals surface area contributed by atoms with Crippen LogP contribution in [0.5, 0.6) is 0 Å². The summed E-state index contributed by atoms with van der Waals surface area (Å²) >= 11 is 0. The lowest BCUT2D eigenvalue weighted by atomic mass is 9.96. The van der Waals surface area contributed by atoms with E-state index in [4.69, 9.17) is 0 Å². The largest absolute Gasteiger partial charge is 0.342 e. The summed E-state index contributed by atoms with van der Waals surface area (Å²) in [6.45, 7) is 10.9. The molecule has 0 unspecified atom stereocenters. The molecular formula is C18H24N4O2. The van der Waals surface area contributed by atoms with Gasteiger partial charge in [0, 0.05) is 19.0 Å². The second-order valence-electron chi connectivity index (χ2n) is 7.87. The van der Waals surface area contributed by atoms with Crippen LogP contribution in [0.15, 0.2) is 21.7 Å². The van der Waals surface area contributed by atoms with Crippen molar-refractivity contribution in [3.8, 4) is 0 Å². The van der Waals surface area contributed by atoms with Gasteiger partial charge in [-0.25, -0.2) is 9.78 Å². The monoisotopic (exact) mass is 328 g/mol. The van der Waals surface area contributed by atoms with Gasteiger partial charge in [-0.3, -0.25) is 13.9 Å². The number of nitrogens with zero attached hydrogens (tertiary/aromatic N) is 3. The van der Waals surface area contributed by atoms with Crippen LogP contribution in [0.1, 0.15) is 40.4 Å². The number of nitrogens with one attached hydrogen (secondary N) is 1. The summed E-state index contributed by atoms with van der Waals surface area (Å²) in [4.78, 5) is 33.0. The van der Waals surface area contributed by atoms with Gasteiger partial charge in [0.2, 0.25) is 0 Å². The minimum atomic E-state index is -0.285. The Hall–Kier alpha value is -2.37. The molecule has 1 N–H and O–H groups in total. The van der Waals surface area contributed by atoms with E-state index in [1.54, 1.807) is 4.57 Å². The molecule has 0 radical (unpaired) electrons. The van der Waals surface area contributed by atoms with Gasteiger partial charge in [-0.1, -0.05) is 34.6 Å². The molecular weight excluding hydrogens is 304 g/mol. The Morgan fingerprint density at radius 1 is 1.21 bits per heavy atom. The lowest BCUT2D eigenvalue weighted by Crippen LogP contribution is -2.38. The first-order valence-electron chi connectivity index (χ1n) is 8.23. The molecule has 24 heavy (non-hydrogen) atoms. The normalized spacial score (nSPS) is 12.6. The quantitative estimate of drug-likeness (QED) is 0.785. The molecule has 0 amide bonds. The fraction of sp³-hybridized carbons (Fsp3) is 0.500. The summed E-state index contributed by atoms with van der Waals surface area (Å²) in [6, 6.07) is 3.66. The van der Waals surface area contributed by atoms with Gasteiger partial charge in [-0.2, -0.15) is 0 Å². The predicted octanol–water partition coefficient (Wildman–Crippen LogP) is 2.53. The van der Waals surface area contributed by atoms with E-state index in [1.165, 1.54) is 11.6 Å². The number of imidazole rings is 1. The average molecular weight is 328 g/mol. The van der Waals surface area contributed by atoms with Crippen LogP contribution in [0.4, 0.5) is 0 Å². The molecule has 0 saturated carbocycles. The molecule has 3 rings (SSSR count). The van der Waals surface area contributed by atoms with Crippen molar-refractivity contribution in [1.82, 2.24) is 19.1 Å². The van der Waals surface area contributed by atoms with E-state index in [0.717, 1.165) is 16.9 Å². The Labute approximate surface area is 140 Å². The van der Waals surface area contributed by atoms with Gasteiger partial charge in [-0.15, -0.1) is 0 Å². The van der Waals surface area contributed by atoms with Gasteiger partial charge >= 0.3 is 5.69 Å². The van der Waals surface area contributed by atoms with Crippen molar-refractivity contribution in [2.45, 2.75) is 46.6 Å². The maximum absolute atomic E-state index is 12.5. The lowest BCUT2D eigenvalue weighted by molar-refractivity contribution is 0.502. The molecule has 0 atom stereocenters. The van der Waals surface area contributed by atoms with E-state index in [2.05, 4.69) is 30.7 Å². The molecule has 0 aliphatic heterocycles. The maximum atomic E-state index is 12.5. The average Bonchev–Trinajstić information content (AvgIpc) is 2.91. The van der Waals surface area contributed by atoms with E-state index in [0.29, 0.717) is 23.4 Å². The SMILES string of the molecule is CC(C)Cn1c(=O)n(C)c(=O)c2cc3[nH]c(C(C)(C)C)nc3cc21. The topological polar surface area (TPSA) is 72.7 Å². The molecule has 2 heterocycles. The third kappa shape index (κ3) is 2.56. The second-order valence-corrected chi connectivity index (χ2v) is 7.87. The van der Waals surface area contributed by atoms with Crippen molar-refractivity contribution in [1.29, 1.82) is 0 Å². The van der Waals surface area contributed by atoms with Crippen molar-refractivity contribution >= 4 is 21.9 Å². The summed E-state index contributed by atoms with van der Waals surface area (Å²) in [6.07, 6.45) is 0. The first-order chi connectivity index (χ1) is 11.1. The van der Waals surface area contributed by atoms with Gasteiger partial charge < -0.3 is 4.98 Å². The number of H-pyrrole nitrogens is 1. The standard InChI is InChI=1S/C18H24N4O2/c1-10(2)9-22-14-8-13-12(19-16(20-13)18(3,4)5)7-11(14)15(23)21(6)17(22)24/h7-8,10H,9H2,1-6H3,(H,19,20). The number of fused-ring (bicyclic) bond motifs is 2. The van der Waals surface area contributed by atoms with Crippen LogP contribution in [0.3, 0.4) is 0 Å². The first kappa shape index (κ1) is 16.5. The van der Waals surface area contributed by atoms with Crippen LogP contribution >= 0.6 is 0 Å². The molecule has 128 valence electrons. The van der Waals surface area contributed by atoms with Crippen molar-refractivity contribution < 1.29 is 0 Å². The summed E-state index contributed by atoms with van der Waals surface area (Å²) in [5.74, 6) is 1.16. The number of aromatic amines is 1. The van der Waals surface area contributed by atoms with Crippen LogP contribution in [0.2, 0.25) is 0 Å². The highest BCUT2D eigenvalue weighted by Crippen LogP contribution is 2.24. The minimum absolute atomic E-state index is 0.117. The van der Waals surface area contributed by atoms with E-state index in [-0.39, 0.29) is 16.7 Å². The Morgan fingerprint density at radius 3 is 2.46 bits per heavy atom. The van der Waals surface area contributed by atoms with Gasteiger partial charge in [0.05, 0.1) is 21.9 Å². The molecule has 0 aliphatic carbocycles. The number of hydrogen-bond acceptors (Lipinski definition) is 3. The van der Waals surface area contributed by atoms with Gasteiger partial charge in [0.25, 0.3) is 5.56 Å².